The number of benzene rings is 1. The first-order valence-corrected chi connectivity index (χ1v) is 7.87. The molecule has 108 valence electrons. The average molecular weight is 273 g/mol. The van der Waals surface area contributed by atoms with Crippen molar-refractivity contribution < 1.29 is 9.47 Å². The molecule has 0 bridgehead atoms. The lowest BCUT2D eigenvalue weighted by atomic mass is 9.88. The molecule has 1 aliphatic carbocycles. The Morgan fingerprint density at radius 3 is 2.55 bits per heavy atom. The second-order valence-corrected chi connectivity index (χ2v) is 6.78. The van der Waals surface area contributed by atoms with Crippen molar-refractivity contribution in [1.29, 1.82) is 0 Å². The van der Waals surface area contributed by atoms with Crippen LogP contribution >= 0.6 is 0 Å². The highest BCUT2D eigenvalue weighted by Gasteiger charge is 2.46. The summed E-state index contributed by atoms with van der Waals surface area (Å²) in [5.74, 6) is 2.52. The number of hydrogen-bond acceptors (Lipinski definition) is 3. The van der Waals surface area contributed by atoms with Gasteiger partial charge in [0, 0.05) is 12.0 Å². The van der Waals surface area contributed by atoms with Gasteiger partial charge < -0.3 is 14.8 Å². The number of piperidine rings is 1. The van der Waals surface area contributed by atoms with Crippen LogP contribution in [-0.2, 0) is 0 Å². The zero-order valence-electron chi connectivity index (χ0n) is 12.2. The average Bonchev–Trinajstić information content (AvgIpc) is 3.27. The largest absolute Gasteiger partial charge is 0.489 e. The SMILES string of the molecule is Cc1cc2c(cc1C1CCCNC1)OCC1(CC1)CO2. The summed E-state index contributed by atoms with van der Waals surface area (Å²) in [7, 11) is 0. The van der Waals surface area contributed by atoms with Crippen LogP contribution in [0.15, 0.2) is 12.1 Å². The molecule has 1 N–H and O–H groups in total. The molecule has 1 aromatic rings. The number of rotatable bonds is 1. The van der Waals surface area contributed by atoms with E-state index in [-0.39, 0.29) is 0 Å². The highest BCUT2D eigenvalue weighted by atomic mass is 16.5. The number of nitrogens with one attached hydrogen (secondary N) is 1. The lowest BCUT2D eigenvalue weighted by molar-refractivity contribution is 0.197. The van der Waals surface area contributed by atoms with Crippen molar-refractivity contribution in [3.05, 3.63) is 23.3 Å². The lowest BCUT2D eigenvalue weighted by Crippen LogP contribution is -2.28. The summed E-state index contributed by atoms with van der Waals surface area (Å²) in [6, 6.07) is 4.42. The minimum atomic E-state index is 0.319. The zero-order chi connectivity index (χ0) is 13.6. The van der Waals surface area contributed by atoms with Gasteiger partial charge in [-0.2, -0.15) is 0 Å². The number of fused-ring (bicyclic) bond motifs is 1. The molecule has 2 fully saturated rings. The minimum Gasteiger partial charge on any atom is -0.489 e. The van der Waals surface area contributed by atoms with Crippen LogP contribution in [0.25, 0.3) is 0 Å². The van der Waals surface area contributed by atoms with Crippen LogP contribution in [0.5, 0.6) is 11.5 Å². The van der Waals surface area contributed by atoms with Gasteiger partial charge in [-0.3, -0.25) is 0 Å². The maximum atomic E-state index is 6.07. The van der Waals surface area contributed by atoms with E-state index in [4.69, 9.17) is 9.47 Å². The maximum absolute atomic E-state index is 6.07. The Balaban J connectivity index is 1.63. The van der Waals surface area contributed by atoms with E-state index < -0.39 is 0 Å². The maximum Gasteiger partial charge on any atom is 0.161 e. The molecule has 4 rings (SSSR count). The predicted molar refractivity (Wildman–Crippen MR) is 78.7 cm³/mol. The van der Waals surface area contributed by atoms with Gasteiger partial charge >= 0.3 is 0 Å². The van der Waals surface area contributed by atoms with Crippen LogP contribution in [0.3, 0.4) is 0 Å². The number of aryl methyl sites for hydroxylation is 1. The lowest BCUT2D eigenvalue weighted by Gasteiger charge is -2.25. The number of ether oxygens (including phenoxy) is 2. The van der Waals surface area contributed by atoms with Crippen molar-refractivity contribution >= 4 is 0 Å². The summed E-state index contributed by atoms with van der Waals surface area (Å²) in [5, 5.41) is 3.50. The fourth-order valence-corrected chi connectivity index (χ4v) is 3.43. The Hall–Kier alpha value is -1.22. The first kappa shape index (κ1) is 12.5. The Kier molecular flexibility index (Phi) is 2.92. The van der Waals surface area contributed by atoms with E-state index in [1.165, 1.54) is 36.8 Å². The zero-order valence-corrected chi connectivity index (χ0v) is 12.2. The molecule has 1 aromatic carbocycles. The second kappa shape index (κ2) is 4.66. The first-order valence-electron chi connectivity index (χ1n) is 7.87. The van der Waals surface area contributed by atoms with E-state index in [1.54, 1.807) is 0 Å². The summed E-state index contributed by atoms with van der Waals surface area (Å²) < 4.78 is 12.1. The predicted octanol–water partition coefficient (Wildman–Crippen LogP) is 3.01. The van der Waals surface area contributed by atoms with Crippen LogP contribution < -0.4 is 14.8 Å². The molecule has 3 heteroatoms. The third kappa shape index (κ3) is 2.18. The molecule has 1 atom stereocenters. The summed E-state index contributed by atoms with van der Waals surface area (Å²) in [6.45, 7) is 6.09. The van der Waals surface area contributed by atoms with E-state index in [0.717, 1.165) is 37.8 Å². The fraction of sp³-hybridized carbons (Fsp3) is 0.647. The van der Waals surface area contributed by atoms with Gasteiger partial charge in [-0.25, -0.2) is 0 Å². The smallest absolute Gasteiger partial charge is 0.161 e. The Morgan fingerprint density at radius 1 is 1.15 bits per heavy atom. The van der Waals surface area contributed by atoms with Gasteiger partial charge in [0.1, 0.15) is 0 Å². The van der Waals surface area contributed by atoms with Gasteiger partial charge in [-0.05, 0) is 68.3 Å². The van der Waals surface area contributed by atoms with Gasteiger partial charge in [0.25, 0.3) is 0 Å². The molecular formula is C17H23NO2. The van der Waals surface area contributed by atoms with Crippen molar-refractivity contribution in [1.82, 2.24) is 5.32 Å². The van der Waals surface area contributed by atoms with Crippen LogP contribution in [0.1, 0.15) is 42.7 Å². The van der Waals surface area contributed by atoms with Gasteiger partial charge in [0.05, 0.1) is 13.2 Å². The Morgan fingerprint density at radius 2 is 1.90 bits per heavy atom. The molecule has 0 aromatic heterocycles. The van der Waals surface area contributed by atoms with Crippen LogP contribution in [0.2, 0.25) is 0 Å². The van der Waals surface area contributed by atoms with E-state index in [2.05, 4.69) is 24.4 Å². The van der Waals surface area contributed by atoms with E-state index in [1.807, 2.05) is 0 Å². The summed E-state index contributed by atoms with van der Waals surface area (Å²) >= 11 is 0. The van der Waals surface area contributed by atoms with Gasteiger partial charge in [-0.15, -0.1) is 0 Å². The van der Waals surface area contributed by atoms with Crippen LogP contribution in [0, 0.1) is 12.3 Å². The van der Waals surface area contributed by atoms with Crippen LogP contribution in [-0.4, -0.2) is 26.3 Å². The molecule has 1 saturated carbocycles. The topological polar surface area (TPSA) is 30.5 Å². The highest BCUT2D eigenvalue weighted by Crippen LogP contribution is 2.49. The van der Waals surface area contributed by atoms with E-state index in [0.29, 0.717) is 11.3 Å². The quantitative estimate of drug-likeness (QED) is 0.853. The van der Waals surface area contributed by atoms with Crippen molar-refractivity contribution in [3.8, 4) is 11.5 Å². The molecule has 2 heterocycles. The second-order valence-electron chi connectivity index (χ2n) is 6.78. The van der Waals surface area contributed by atoms with Gasteiger partial charge in [0.2, 0.25) is 0 Å². The third-order valence-corrected chi connectivity index (χ3v) is 5.09. The van der Waals surface area contributed by atoms with Crippen molar-refractivity contribution in [2.45, 2.75) is 38.5 Å². The summed E-state index contributed by atoms with van der Waals surface area (Å²) in [6.07, 6.45) is 5.04. The normalized spacial score (nSPS) is 27.1. The minimum absolute atomic E-state index is 0.319. The van der Waals surface area contributed by atoms with Crippen LogP contribution in [0.4, 0.5) is 0 Å². The standard InChI is InChI=1S/C17H23NO2/c1-12-7-15-16(20-11-17(4-5-17)10-19-15)8-14(12)13-3-2-6-18-9-13/h7-8,13,18H,2-6,9-11H2,1H3. The summed E-state index contributed by atoms with van der Waals surface area (Å²) in [4.78, 5) is 0. The summed E-state index contributed by atoms with van der Waals surface area (Å²) in [5.41, 5.74) is 3.10. The highest BCUT2D eigenvalue weighted by molar-refractivity contribution is 5.49. The molecule has 0 radical (unpaired) electrons. The van der Waals surface area contributed by atoms with Crippen molar-refractivity contribution in [2.24, 2.45) is 5.41 Å². The monoisotopic (exact) mass is 273 g/mol. The number of hydrogen-bond donors (Lipinski definition) is 1. The molecule has 3 aliphatic rings. The molecule has 1 saturated heterocycles. The van der Waals surface area contributed by atoms with Gasteiger partial charge in [-0.1, -0.05) is 0 Å². The molecule has 20 heavy (non-hydrogen) atoms. The third-order valence-electron chi connectivity index (χ3n) is 5.09. The Bertz CT molecular complexity index is 516. The van der Waals surface area contributed by atoms with Crippen molar-refractivity contribution in [2.75, 3.05) is 26.3 Å². The van der Waals surface area contributed by atoms with E-state index in [9.17, 15) is 0 Å². The fourth-order valence-electron chi connectivity index (χ4n) is 3.43. The molecule has 3 nitrogen and oxygen atoms in total. The van der Waals surface area contributed by atoms with Gasteiger partial charge in [0.15, 0.2) is 11.5 Å². The first-order chi connectivity index (χ1) is 9.76. The molecule has 1 spiro atoms. The van der Waals surface area contributed by atoms with Crippen molar-refractivity contribution in [3.63, 3.8) is 0 Å². The van der Waals surface area contributed by atoms with E-state index >= 15 is 0 Å². The molecule has 2 aliphatic heterocycles. The Labute approximate surface area is 120 Å². The molecule has 1 unspecified atom stereocenters. The molecular weight excluding hydrogens is 250 g/mol. The molecule has 0 amide bonds.